The summed E-state index contributed by atoms with van der Waals surface area (Å²) >= 11 is 0. The molecule has 3 aliphatic rings. The average Bonchev–Trinajstić information content (AvgIpc) is 3.33. The number of aromatic hydroxyl groups is 1. The summed E-state index contributed by atoms with van der Waals surface area (Å²) in [5, 5.41) is 49.2. The highest BCUT2D eigenvalue weighted by molar-refractivity contribution is 6.24. The number of primary amides is 1. The van der Waals surface area contributed by atoms with Crippen LogP contribution in [-0.2, 0) is 20.8 Å². The number of aromatic nitrogens is 1. The van der Waals surface area contributed by atoms with Gasteiger partial charge in [-0.05, 0) is 42.9 Å². The number of nitrogens with two attached hydrogens (primary N) is 1. The van der Waals surface area contributed by atoms with Crippen molar-refractivity contribution in [2.45, 2.75) is 31.0 Å². The monoisotopic (exact) mass is 483 g/mol. The Balaban J connectivity index is 1.59. The van der Waals surface area contributed by atoms with Crippen molar-refractivity contribution in [2.24, 2.45) is 23.5 Å². The van der Waals surface area contributed by atoms with Crippen LogP contribution in [-0.4, -0.2) is 60.7 Å². The van der Waals surface area contributed by atoms with Gasteiger partial charge >= 0.3 is 0 Å². The van der Waals surface area contributed by atoms with Gasteiger partial charge in [-0.15, -0.1) is 0 Å². The van der Waals surface area contributed by atoms with Gasteiger partial charge in [0.05, 0.1) is 17.9 Å². The molecule has 2 saturated carbocycles. The van der Waals surface area contributed by atoms with Gasteiger partial charge in [0.2, 0.25) is 17.5 Å². The van der Waals surface area contributed by atoms with Crippen LogP contribution in [0.5, 0.6) is 5.75 Å². The number of fused-ring (bicyclic) bond motifs is 3. The lowest BCUT2D eigenvalue weighted by Crippen LogP contribution is -2.66. The van der Waals surface area contributed by atoms with Crippen molar-refractivity contribution in [3.63, 3.8) is 0 Å². The summed E-state index contributed by atoms with van der Waals surface area (Å²) in [7, 11) is 0. The van der Waals surface area contributed by atoms with Crippen molar-refractivity contribution in [1.82, 2.24) is 5.16 Å². The van der Waals surface area contributed by atoms with Crippen LogP contribution in [0.1, 0.15) is 34.5 Å². The molecule has 2 amide bonds. The summed E-state index contributed by atoms with van der Waals surface area (Å²) in [4.78, 5) is 50.7. The summed E-state index contributed by atoms with van der Waals surface area (Å²) in [6.07, 6.45) is -0.320. The van der Waals surface area contributed by atoms with Crippen molar-refractivity contribution in [2.75, 3.05) is 5.32 Å². The third kappa shape index (κ3) is 3.17. The molecular formula is C23H21N3O9. The molecule has 0 saturated heterocycles. The van der Waals surface area contributed by atoms with Gasteiger partial charge in [0.25, 0.3) is 5.91 Å². The topological polar surface area (TPSA) is 213 Å². The maximum absolute atomic E-state index is 13.5. The lowest BCUT2D eigenvalue weighted by molar-refractivity contribution is -0.174. The SMILES string of the molecule is NC(=O)C1C(=O)[C@@]2(O)C(=O)C3=C(O)c4c(O)ccc(NC(=O)c5ccno5)c4C[C@H]3C[C@H]2CC1O. The summed E-state index contributed by atoms with van der Waals surface area (Å²) in [5.41, 5.74) is 2.76. The molecule has 1 aromatic heterocycles. The Morgan fingerprint density at radius 2 is 1.91 bits per heavy atom. The molecule has 1 heterocycles. The minimum atomic E-state index is -2.65. The predicted octanol–water partition coefficient (Wildman–Crippen LogP) is -0.171. The van der Waals surface area contributed by atoms with Crippen molar-refractivity contribution >= 4 is 34.8 Å². The van der Waals surface area contributed by atoms with Crippen LogP contribution < -0.4 is 11.1 Å². The van der Waals surface area contributed by atoms with Crippen LogP contribution in [0.4, 0.5) is 5.69 Å². The predicted molar refractivity (Wildman–Crippen MR) is 116 cm³/mol. The highest BCUT2D eigenvalue weighted by Crippen LogP contribution is 2.52. The van der Waals surface area contributed by atoms with E-state index in [-0.39, 0.29) is 47.6 Å². The number of aliphatic hydroxyl groups excluding tert-OH is 2. The van der Waals surface area contributed by atoms with Gasteiger partial charge in [-0.3, -0.25) is 19.2 Å². The quantitative estimate of drug-likeness (QED) is 0.250. The fourth-order valence-corrected chi connectivity index (χ4v) is 5.56. The Hall–Kier alpha value is -4.03. The van der Waals surface area contributed by atoms with Crippen LogP contribution in [0.2, 0.25) is 0 Å². The van der Waals surface area contributed by atoms with E-state index in [1.807, 2.05) is 0 Å². The molecule has 1 aromatic carbocycles. The van der Waals surface area contributed by atoms with E-state index in [1.54, 1.807) is 0 Å². The molecule has 0 spiro atoms. The first-order valence-corrected chi connectivity index (χ1v) is 10.8. The number of phenolic OH excluding ortho intramolecular Hbond substituents is 1. The molecule has 2 fully saturated rings. The van der Waals surface area contributed by atoms with Crippen molar-refractivity contribution in [1.29, 1.82) is 0 Å². The number of ketones is 2. The van der Waals surface area contributed by atoms with E-state index < -0.39 is 58.6 Å². The number of phenols is 1. The van der Waals surface area contributed by atoms with E-state index in [4.69, 9.17) is 10.3 Å². The molecule has 2 unspecified atom stereocenters. The summed E-state index contributed by atoms with van der Waals surface area (Å²) in [5.74, 6) is -8.69. The summed E-state index contributed by atoms with van der Waals surface area (Å²) in [6.45, 7) is 0. The minimum Gasteiger partial charge on any atom is -0.507 e. The van der Waals surface area contributed by atoms with E-state index in [9.17, 15) is 39.6 Å². The average molecular weight is 483 g/mol. The second-order valence-electron chi connectivity index (χ2n) is 9.06. The maximum Gasteiger partial charge on any atom is 0.294 e. The standard InChI is InChI=1S/C23H21N3O9/c24-21(32)17-13(28)7-9-5-8-6-10-11(26-22(33)14-3-4-25-35-14)1-2-12(27)16(10)18(29)15(8)19(30)23(9,34)20(17)31/h1-4,8-9,13,17,27-29,34H,5-7H2,(H2,24,32)(H,26,33)/t8-,9+,13?,17?,23+/m1/s1. The van der Waals surface area contributed by atoms with Gasteiger partial charge in [0.1, 0.15) is 17.4 Å². The molecule has 182 valence electrons. The van der Waals surface area contributed by atoms with Crippen molar-refractivity contribution in [3.05, 3.63) is 46.9 Å². The second kappa shape index (κ2) is 7.75. The number of amides is 2. The number of nitrogens with zero attached hydrogens (tertiary/aromatic N) is 1. The molecule has 35 heavy (non-hydrogen) atoms. The molecule has 0 radical (unpaired) electrons. The Kier molecular flexibility index (Phi) is 5.04. The third-order valence-electron chi connectivity index (χ3n) is 7.18. The molecule has 3 aliphatic carbocycles. The van der Waals surface area contributed by atoms with E-state index >= 15 is 0 Å². The van der Waals surface area contributed by atoms with Crippen LogP contribution in [0, 0.1) is 17.8 Å². The smallest absolute Gasteiger partial charge is 0.294 e. The molecule has 5 atom stereocenters. The molecule has 7 N–H and O–H groups in total. The zero-order chi connectivity index (χ0) is 25.2. The van der Waals surface area contributed by atoms with E-state index in [2.05, 4.69) is 10.5 Å². The summed E-state index contributed by atoms with van der Waals surface area (Å²) in [6, 6.07) is 3.98. The number of rotatable bonds is 3. The minimum absolute atomic E-state index is 0.0144. The molecular weight excluding hydrogens is 462 g/mol. The van der Waals surface area contributed by atoms with Crippen LogP contribution in [0.15, 0.2) is 34.5 Å². The third-order valence-corrected chi connectivity index (χ3v) is 7.18. The molecule has 12 heteroatoms. The number of hydrogen-bond donors (Lipinski definition) is 6. The first-order chi connectivity index (χ1) is 16.6. The normalized spacial score (nSPS) is 29.8. The van der Waals surface area contributed by atoms with Crippen LogP contribution in [0.3, 0.4) is 0 Å². The summed E-state index contributed by atoms with van der Waals surface area (Å²) < 4.78 is 4.84. The number of aliphatic hydroxyl groups is 3. The number of hydrogen-bond acceptors (Lipinski definition) is 10. The molecule has 0 bridgehead atoms. The van der Waals surface area contributed by atoms with E-state index in [1.165, 1.54) is 24.4 Å². The van der Waals surface area contributed by atoms with Crippen molar-refractivity contribution < 1.29 is 44.1 Å². The lowest BCUT2D eigenvalue weighted by Gasteiger charge is -2.48. The maximum atomic E-state index is 13.5. The van der Waals surface area contributed by atoms with Gasteiger partial charge in [0, 0.05) is 23.2 Å². The number of anilines is 1. The lowest BCUT2D eigenvalue weighted by atomic mass is 9.56. The van der Waals surface area contributed by atoms with E-state index in [0.717, 1.165) is 0 Å². The Labute approximate surface area is 197 Å². The van der Waals surface area contributed by atoms with Gasteiger partial charge in [-0.2, -0.15) is 0 Å². The van der Waals surface area contributed by atoms with Crippen molar-refractivity contribution in [3.8, 4) is 5.75 Å². The van der Waals surface area contributed by atoms with Gasteiger partial charge in [-0.25, -0.2) is 0 Å². The fraction of sp³-hybridized carbons (Fsp3) is 0.348. The number of Topliss-reactive ketones (excluding diaryl/α,β-unsaturated/α-hetero) is 2. The first kappa shape index (κ1) is 22.7. The highest BCUT2D eigenvalue weighted by Gasteiger charge is 2.64. The molecule has 0 aliphatic heterocycles. The Morgan fingerprint density at radius 1 is 1.17 bits per heavy atom. The van der Waals surface area contributed by atoms with Gasteiger partial charge in [0.15, 0.2) is 11.4 Å². The molecule has 2 aromatic rings. The largest absolute Gasteiger partial charge is 0.507 e. The highest BCUT2D eigenvalue weighted by atomic mass is 16.5. The Morgan fingerprint density at radius 3 is 2.57 bits per heavy atom. The first-order valence-electron chi connectivity index (χ1n) is 10.8. The number of benzene rings is 1. The molecule has 5 rings (SSSR count). The number of nitrogens with one attached hydrogen (secondary N) is 1. The zero-order valence-corrected chi connectivity index (χ0v) is 18.1. The van der Waals surface area contributed by atoms with Crippen LogP contribution in [0.25, 0.3) is 5.76 Å². The van der Waals surface area contributed by atoms with E-state index in [0.29, 0.717) is 5.56 Å². The van der Waals surface area contributed by atoms with Gasteiger partial charge in [-0.1, -0.05) is 5.16 Å². The molecule has 12 nitrogen and oxygen atoms in total. The zero-order valence-electron chi connectivity index (χ0n) is 18.1. The number of carbonyl (C=O) groups is 4. The fourth-order valence-electron chi connectivity index (χ4n) is 5.56. The second-order valence-corrected chi connectivity index (χ2v) is 9.06. The van der Waals surface area contributed by atoms with Gasteiger partial charge < -0.3 is 36.0 Å². The van der Waals surface area contributed by atoms with Crippen LogP contribution >= 0.6 is 0 Å². The Bertz CT molecular complexity index is 1320. The number of carbonyl (C=O) groups excluding carboxylic acids is 4.